The van der Waals surface area contributed by atoms with Crippen LogP contribution in [0.4, 0.5) is 0 Å². The lowest BCUT2D eigenvalue weighted by Crippen LogP contribution is -2.23. The first-order chi connectivity index (χ1) is 12.8. The summed E-state index contributed by atoms with van der Waals surface area (Å²) in [5, 5.41) is 3.63. The summed E-state index contributed by atoms with van der Waals surface area (Å²) >= 11 is 3.65. The summed E-state index contributed by atoms with van der Waals surface area (Å²) in [4.78, 5) is 4.54. The Morgan fingerprint density at radius 1 is 0.962 bits per heavy atom. The minimum absolute atomic E-state index is 0.0116. The molecule has 0 saturated carbocycles. The second-order valence-corrected chi connectivity index (χ2v) is 6.92. The van der Waals surface area contributed by atoms with E-state index < -0.39 is 0 Å². The average Bonchev–Trinajstić information content (AvgIpc) is 2.70. The van der Waals surface area contributed by atoms with Crippen molar-refractivity contribution >= 4 is 15.9 Å². The molecule has 2 aromatic carbocycles. The van der Waals surface area contributed by atoms with Crippen LogP contribution in [0.1, 0.15) is 22.9 Å². The minimum atomic E-state index is 0.0116. The number of pyridine rings is 1. The van der Waals surface area contributed by atoms with Gasteiger partial charge in [0.25, 0.3) is 0 Å². The maximum Gasteiger partial charge on any atom is 0.162 e. The number of aromatic nitrogens is 1. The normalized spacial score (nSPS) is 14.0. The van der Waals surface area contributed by atoms with Gasteiger partial charge in [0.1, 0.15) is 13.2 Å². The standard InChI is InChI=1S/C21H19BrN2O2/c22-17-13-20-19(25-10-11-26-20)12-16(17)14-24-21(15-6-2-1-3-7-15)18-8-4-5-9-23-18/h1-9,12-13,21,24H,10-11,14H2. The van der Waals surface area contributed by atoms with Gasteiger partial charge in [-0.25, -0.2) is 0 Å². The molecule has 3 aromatic rings. The molecule has 0 fully saturated rings. The molecule has 1 unspecified atom stereocenters. The Morgan fingerprint density at radius 3 is 2.42 bits per heavy atom. The predicted octanol–water partition coefficient (Wildman–Crippen LogP) is 4.49. The summed E-state index contributed by atoms with van der Waals surface area (Å²) in [6, 6.07) is 20.4. The van der Waals surface area contributed by atoms with E-state index in [-0.39, 0.29) is 6.04 Å². The van der Waals surface area contributed by atoms with Gasteiger partial charge >= 0.3 is 0 Å². The minimum Gasteiger partial charge on any atom is -0.486 e. The van der Waals surface area contributed by atoms with Crippen LogP contribution < -0.4 is 14.8 Å². The molecule has 0 radical (unpaired) electrons. The lowest BCUT2D eigenvalue weighted by atomic mass is 10.0. The average molecular weight is 411 g/mol. The molecular weight excluding hydrogens is 392 g/mol. The van der Waals surface area contributed by atoms with E-state index in [1.165, 1.54) is 5.56 Å². The van der Waals surface area contributed by atoms with Crippen molar-refractivity contribution in [2.75, 3.05) is 13.2 Å². The molecule has 5 heteroatoms. The smallest absolute Gasteiger partial charge is 0.162 e. The lowest BCUT2D eigenvalue weighted by molar-refractivity contribution is 0.171. The summed E-state index contributed by atoms with van der Waals surface area (Å²) < 4.78 is 12.3. The van der Waals surface area contributed by atoms with Crippen LogP contribution in [0.3, 0.4) is 0 Å². The molecule has 1 aromatic heterocycles. The Kier molecular flexibility index (Phi) is 5.18. The second-order valence-electron chi connectivity index (χ2n) is 6.07. The second kappa shape index (κ2) is 7.89. The number of hydrogen-bond acceptors (Lipinski definition) is 4. The van der Waals surface area contributed by atoms with Gasteiger partial charge in [0.15, 0.2) is 11.5 Å². The number of halogens is 1. The number of nitrogens with zero attached hydrogens (tertiary/aromatic N) is 1. The highest BCUT2D eigenvalue weighted by atomic mass is 79.9. The van der Waals surface area contributed by atoms with Crippen LogP contribution in [0.25, 0.3) is 0 Å². The van der Waals surface area contributed by atoms with E-state index >= 15 is 0 Å². The van der Waals surface area contributed by atoms with Gasteiger partial charge in [0.05, 0.1) is 11.7 Å². The molecule has 0 spiro atoms. The SMILES string of the molecule is Brc1cc2c(cc1CNC(c1ccccc1)c1ccccn1)OCCO2. The monoisotopic (exact) mass is 410 g/mol. The molecule has 4 nitrogen and oxygen atoms in total. The fraction of sp³-hybridized carbons (Fsp3) is 0.190. The number of rotatable bonds is 5. The molecule has 0 aliphatic carbocycles. The van der Waals surface area contributed by atoms with Gasteiger partial charge in [-0.2, -0.15) is 0 Å². The molecule has 0 saturated heterocycles. The van der Waals surface area contributed by atoms with Gasteiger partial charge < -0.3 is 14.8 Å². The van der Waals surface area contributed by atoms with Crippen LogP contribution in [-0.4, -0.2) is 18.2 Å². The number of hydrogen-bond donors (Lipinski definition) is 1. The van der Waals surface area contributed by atoms with Crippen LogP contribution in [0.5, 0.6) is 11.5 Å². The van der Waals surface area contributed by atoms with Crippen molar-refractivity contribution in [1.82, 2.24) is 10.3 Å². The summed E-state index contributed by atoms with van der Waals surface area (Å²) in [5.74, 6) is 1.58. The summed E-state index contributed by atoms with van der Waals surface area (Å²) in [6.07, 6.45) is 1.83. The number of nitrogens with one attached hydrogen (secondary N) is 1. The Hall–Kier alpha value is -2.37. The van der Waals surface area contributed by atoms with E-state index in [0.29, 0.717) is 19.8 Å². The van der Waals surface area contributed by atoms with E-state index in [0.717, 1.165) is 27.2 Å². The molecule has 26 heavy (non-hydrogen) atoms. The zero-order valence-electron chi connectivity index (χ0n) is 14.2. The zero-order valence-corrected chi connectivity index (χ0v) is 15.8. The van der Waals surface area contributed by atoms with Crippen molar-refractivity contribution in [2.24, 2.45) is 0 Å². The Labute approximate surface area is 161 Å². The molecule has 2 heterocycles. The third kappa shape index (κ3) is 3.74. The topological polar surface area (TPSA) is 43.4 Å². The van der Waals surface area contributed by atoms with E-state index in [4.69, 9.17) is 9.47 Å². The van der Waals surface area contributed by atoms with Gasteiger partial charge in [0, 0.05) is 17.2 Å². The van der Waals surface area contributed by atoms with Gasteiger partial charge in [0.2, 0.25) is 0 Å². The van der Waals surface area contributed by atoms with Crippen LogP contribution in [0.15, 0.2) is 71.3 Å². The Balaban J connectivity index is 1.59. The highest BCUT2D eigenvalue weighted by Crippen LogP contribution is 2.35. The molecule has 1 N–H and O–H groups in total. The van der Waals surface area contributed by atoms with Crippen molar-refractivity contribution in [2.45, 2.75) is 12.6 Å². The summed E-state index contributed by atoms with van der Waals surface area (Å²) in [5.41, 5.74) is 3.29. The highest BCUT2D eigenvalue weighted by molar-refractivity contribution is 9.10. The van der Waals surface area contributed by atoms with Gasteiger partial charge in [-0.05, 0) is 35.4 Å². The molecule has 0 bridgehead atoms. The molecule has 132 valence electrons. The van der Waals surface area contributed by atoms with Crippen LogP contribution in [-0.2, 0) is 6.54 Å². The number of fused-ring (bicyclic) bond motifs is 1. The summed E-state index contributed by atoms with van der Waals surface area (Å²) in [7, 11) is 0. The largest absolute Gasteiger partial charge is 0.486 e. The van der Waals surface area contributed by atoms with E-state index in [1.807, 2.05) is 54.7 Å². The first kappa shape index (κ1) is 17.1. The van der Waals surface area contributed by atoms with Gasteiger partial charge in [-0.15, -0.1) is 0 Å². The van der Waals surface area contributed by atoms with Crippen molar-refractivity contribution in [3.05, 3.63) is 88.2 Å². The maximum absolute atomic E-state index is 5.71. The molecule has 1 aliphatic rings. The molecule has 1 atom stereocenters. The maximum atomic E-state index is 5.71. The van der Waals surface area contributed by atoms with Crippen molar-refractivity contribution < 1.29 is 9.47 Å². The lowest BCUT2D eigenvalue weighted by Gasteiger charge is -2.22. The van der Waals surface area contributed by atoms with Crippen molar-refractivity contribution in [3.8, 4) is 11.5 Å². The van der Waals surface area contributed by atoms with Gasteiger partial charge in [-0.3, -0.25) is 4.98 Å². The zero-order chi connectivity index (χ0) is 17.8. The first-order valence-electron chi connectivity index (χ1n) is 8.58. The third-order valence-electron chi connectivity index (χ3n) is 4.32. The summed E-state index contributed by atoms with van der Waals surface area (Å²) in [6.45, 7) is 1.85. The Bertz CT molecular complexity index is 832. The molecule has 1 aliphatic heterocycles. The van der Waals surface area contributed by atoms with Crippen LogP contribution in [0.2, 0.25) is 0 Å². The molecule has 4 rings (SSSR count). The van der Waals surface area contributed by atoms with Crippen molar-refractivity contribution in [1.29, 1.82) is 0 Å². The van der Waals surface area contributed by atoms with Crippen LogP contribution in [0, 0.1) is 0 Å². The van der Waals surface area contributed by atoms with Crippen molar-refractivity contribution in [3.63, 3.8) is 0 Å². The van der Waals surface area contributed by atoms with E-state index in [2.05, 4.69) is 38.4 Å². The number of ether oxygens (including phenoxy) is 2. The highest BCUT2D eigenvalue weighted by Gasteiger charge is 2.18. The predicted molar refractivity (Wildman–Crippen MR) is 104 cm³/mol. The third-order valence-corrected chi connectivity index (χ3v) is 5.06. The first-order valence-corrected chi connectivity index (χ1v) is 9.38. The number of benzene rings is 2. The van der Waals surface area contributed by atoms with Gasteiger partial charge in [-0.1, -0.05) is 52.3 Å². The van der Waals surface area contributed by atoms with E-state index in [1.54, 1.807) is 0 Å². The molecular formula is C21H19BrN2O2. The molecule has 0 amide bonds. The van der Waals surface area contributed by atoms with Crippen LogP contribution >= 0.6 is 15.9 Å². The quantitative estimate of drug-likeness (QED) is 0.672. The Morgan fingerprint density at radius 2 is 1.69 bits per heavy atom. The fourth-order valence-electron chi connectivity index (χ4n) is 3.04. The van der Waals surface area contributed by atoms with E-state index in [9.17, 15) is 0 Å². The fourth-order valence-corrected chi connectivity index (χ4v) is 3.50.